The minimum atomic E-state index is 1.34. The van der Waals surface area contributed by atoms with Gasteiger partial charge in [0.15, 0.2) is 0 Å². The Hall–Kier alpha value is 0. The van der Waals surface area contributed by atoms with E-state index in [-0.39, 0.29) is 0 Å². The zero-order valence-electron chi connectivity index (χ0n) is 7.74. The van der Waals surface area contributed by atoms with Crippen molar-refractivity contribution in [3.63, 3.8) is 0 Å². The van der Waals surface area contributed by atoms with E-state index in [4.69, 9.17) is 0 Å². The molecule has 0 heteroatoms. The SMILES string of the molecule is CCCCCCC[C](C)C. The second kappa shape index (κ2) is 7.11. The van der Waals surface area contributed by atoms with Crippen LogP contribution in [0.2, 0.25) is 0 Å². The van der Waals surface area contributed by atoms with Crippen LogP contribution in [0.25, 0.3) is 0 Å². The van der Waals surface area contributed by atoms with Gasteiger partial charge in [0.2, 0.25) is 0 Å². The Morgan fingerprint density at radius 2 is 1.50 bits per heavy atom. The van der Waals surface area contributed by atoms with E-state index in [1.54, 1.807) is 5.92 Å². The quantitative estimate of drug-likeness (QED) is 0.491. The van der Waals surface area contributed by atoms with Gasteiger partial charge in [0, 0.05) is 0 Å². The Morgan fingerprint density at radius 3 is 2.00 bits per heavy atom. The molecule has 10 heavy (non-hydrogen) atoms. The van der Waals surface area contributed by atoms with Crippen molar-refractivity contribution >= 4 is 0 Å². The van der Waals surface area contributed by atoms with E-state index in [2.05, 4.69) is 20.8 Å². The molecule has 0 N–H and O–H groups in total. The monoisotopic (exact) mass is 141 g/mol. The van der Waals surface area contributed by atoms with Gasteiger partial charge in [-0.1, -0.05) is 52.9 Å². The van der Waals surface area contributed by atoms with Crippen molar-refractivity contribution in [2.45, 2.75) is 59.3 Å². The maximum absolute atomic E-state index is 2.26. The van der Waals surface area contributed by atoms with Crippen LogP contribution in [0.1, 0.15) is 59.3 Å². The van der Waals surface area contributed by atoms with Crippen LogP contribution in [0.5, 0.6) is 0 Å². The lowest BCUT2D eigenvalue weighted by Crippen LogP contribution is -1.84. The summed E-state index contributed by atoms with van der Waals surface area (Å²) in [5, 5.41) is 0. The first-order valence-electron chi connectivity index (χ1n) is 4.56. The molecule has 0 heterocycles. The highest BCUT2D eigenvalue weighted by atomic mass is 14.0. The average molecular weight is 141 g/mol. The number of hydrogen-bond donors (Lipinski definition) is 0. The van der Waals surface area contributed by atoms with E-state index < -0.39 is 0 Å². The lowest BCUT2D eigenvalue weighted by atomic mass is 10.0. The summed E-state index contributed by atoms with van der Waals surface area (Å²) in [6.45, 7) is 6.71. The van der Waals surface area contributed by atoms with E-state index in [1.807, 2.05) is 0 Å². The van der Waals surface area contributed by atoms with Gasteiger partial charge in [-0.05, 0) is 12.3 Å². The van der Waals surface area contributed by atoms with Gasteiger partial charge in [-0.3, -0.25) is 0 Å². The van der Waals surface area contributed by atoms with Crippen LogP contribution in [0, 0.1) is 5.92 Å². The first-order valence-corrected chi connectivity index (χ1v) is 4.56. The molecule has 0 bridgehead atoms. The van der Waals surface area contributed by atoms with Crippen molar-refractivity contribution in [2.24, 2.45) is 0 Å². The van der Waals surface area contributed by atoms with Crippen LogP contribution in [0.15, 0.2) is 0 Å². The van der Waals surface area contributed by atoms with Gasteiger partial charge in [-0.2, -0.15) is 0 Å². The van der Waals surface area contributed by atoms with Crippen molar-refractivity contribution < 1.29 is 0 Å². The molecule has 0 saturated carbocycles. The van der Waals surface area contributed by atoms with E-state index in [0.717, 1.165) is 0 Å². The normalized spacial score (nSPS) is 10.8. The van der Waals surface area contributed by atoms with Crippen LogP contribution >= 0.6 is 0 Å². The Labute approximate surface area is 66.0 Å². The molecule has 0 aliphatic rings. The van der Waals surface area contributed by atoms with E-state index in [1.165, 1.54) is 38.5 Å². The lowest BCUT2D eigenvalue weighted by Gasteiger charge is -2.02. The number of unbranched alkanes of at least 4 members (excludes halogenated alkanes) is 4. The maximum atomic E-state index is 2.26. The molecule has 0 nitrogen and oxygen atoms in total. The fraction of sp³-hybridized carbons (Fsp3) is 0.900. The average Bonchev–Trinajstić information content (AvgIpc) is 1.87. The summed E-state index contributed by atoms with van der Waals surface area (Å²) in [7, 11) is 0. The number of rotatable bonds is 6. The van der Waals surface area contributed by atoms with Gasteiger partial charge in [0.05, 0.1) is 0 Å². The molecule has 0 fully saturated rings. The minimum Gasteiger partial charge on any atom is -0.0654 e. The minimum absolute atomic E-state index is 1.34. The Morgan fingerprint density at radius 1 is 0.900 bits per heavy atom. The molecule has 1 radical (unpaired) electrons. The molecule has 0 atom stereocenters. The Kier molecular flexibility index (Phi) is 7.11. The standard InChI is InChI=1S/C10H21/c1-4-5-6-7-8-9-10(2)3/h4-9H2,1-3H3. The van der Waals surface area contributed by atoms with Crippen LogP contribution in [0.3, 0.4) is 0 Å². The fourth-order valence-corrected chi connectivity index (χ4v) is 1.08. The van der Waals surface area contributed by atoms with E-state index in [0.29, 0.717) is 0 Å². The second-order valence-corrected chi connectivity index (χ2v) is 3.37. The van der Waals surface area contributed by atoms with Gasteiger partial charge in [0.1, 0.15) is 0 Å². The number of hydrogen-bond acceptors (Lipinski definition) is 0. The second-order valence-electron chi connectivity index (χ2n) is 3.37. The summed E-state index contributed by atoms with van der Waals surface area (Å²) in [5.41, 5.74) is 0. The first-order chi connectivity index (χ1) is 4.77. The van der Waals surface area contributed by atoms with Gasteiger partial charge < -0.3 is 0 Å². The molecule has 0 aromatic rings. The zero-order valence-corrected chi connectivity index (χ0v) is 7.74. The summed E-state index contributed by atoms with van der Waals surface area (Å²) in [4.78, 5) is 0. The molecule has 61 valence electrons. The van der Waals surface area contributed by atoms with Gasteiger partial charge in [0.25, 0.3) is 0 Å². The van der Waals surface area contributed by atoms with Crippen molar-refractivity contribution in [3.8, 4) is 0 Å². The highest BCUT2D eigenvalue weighted by molar-refractivity contribution is 4.75. The molecule has 0 rings (SSSR count). The van der Waals surface area contributed by atoms with Crippen molar-refractivity contribution in [1.29, 1.82) is 0 Å². The summed E-state index contributed by atoms with van der Waals surface area (Å²) in [6.07, 6.45) is 8.38. The third-order valence-corrected chi connectivity index (χ3v) is 1.78. The molecular formula is C10H21. The molecule has 0 aliphatic heterocycles. The van der Waals surface area contributed by atoms with Gasteiger partial charge >= 0.3 is 0 Å². The van der Waals surface area contributed by atoms with Crippen molar-refractivity contribution in [3.05, 3.63) is 5.92 Å². The van der Waals surface area contributed by atoms with Crippen LogP contribution in [-0.4, -0.2) is 0 Å². The summed E-state index contributed by atoms with van der Waals surface area (Å²) in [6, 6.07) is 0. The third-order valence-electron chi connectivity index (χ3n) is 1.78. The van der Waals surface area contributed by atoms with Crippen LogP contribution in [0.4, 0.5) is 0 Å². The molecule has 0 amide bonds. The molecular weight excluding hydrogens is 120 g/mol. The molecule has 0 unspecified atom stereocenters. The smallest absolute Gasteiger partial charge is 0.0303 e. The Bertz CT molecular complexity index is 55.1. The van der Waals surface area contributed by atoms with Gasteiger partial charge in [-0.15, -0.1) is 0 Å². The van der Waals surface area contributed by atoms with Crippen molar-refractivity contribution in [1.82, 2.24) is 0 Å². The van der Waals surface area contributed by atoms with Crippen molar-refractivity contribution in [2.75, 3.05) is 0 Å². The van der Waals surface area contributed by atoms with E-state index in [9.17, 15) is 0 Å². The molecule has 0 aromatic carbocycles. The van der Waals surface area contributed by atoms with Crippen LogP contribution in [-0.2, 0) is 0 Å². The predicted molar refractivity (Wildman–Crippen MR) is 48.0 cm³/mol. The third kappa shape index (κ3) is 8.00. The molecule has 0 spiro atoms. The zero-order chi connectivity index (χ0) is 7.82. The molecule has 0 aromatic heterocycles. The summed E-state index contributed by atoms with van der Waals surface area (Å²) < 4.78 is 0. The lowest BCUT2D eigenvalue weighted by molar-refractivity contribution is 0.614. The predicted octanol–water partition coefficient (Wildman–Crippen LogP) is 3.96. The maximum Gasteiger partial charge on any atom is -0.0303 e. The van der Waals surface area contributed by atoms with Crippen LogP contribution < -0.4 is 0 Å². The summed E-state index contributed by atoms with van der Waals surface area (Å²) >= 11 is 0. The van der Waals surface area contributed by atoms with Gasteiger partial charge in [-0.25, -0.2) is 0 Å². The Balaban J connectivity index is 2.77. The largest absolute Gasteiger partial charge is 0.0654 e. The summed E-state index contributed by atoms with van der Waals surface area (Å²) in [5.74, 6) is 1.58. The van der Waals surface area contributed by atoms with E-state index >= 15 is 0 Å². The molecule has 0 aliphatic carbocycles. The highest BCUT2D eigenvalue weighted by Gasteiger charge is 1.93. The fourth-order valence-electron chi connectivity index (χ4n) is 1.08. The highest BCUT2D eigenvalue weighted by Crippen LogP contribution is 2.11. The topological polar surface area (TPSA) is 0 Å². The first kappa shape index (κ1) is 10.0. The molecule has 0 saturated heterocycles.